The maximum atomic E-state index is 12.9. The number of benzene rings is 1. The molecule has 24 heavy (non-hydrogen) atoms. The van der Waals surface area contributed by atoms with Gasteiger partial charge < -0.3 is 10.1 Å². The number of carbonyl (C=O) groups excluding carboxylic acids is 1. The van der Waals surface area contributed by atoms with E-state index in [1.54, 1.807) is 18.2 Å². The Bertz CT molecular complexity index is 577. The average molecular weight is 364 g/mol. The third kappa shape index (κ3) is 5.03. The Morgan fingerprint density at radius 1 is 1.38 bits per heavy atom. The number of halogens is 4. The van der Waals surface area contributed by atoms with E-state index in [0.717, 1.165) is 6.42 Å². The summed E-state index contributed by atoms with van der Waals surface area (Å²) in [5, 5.41) is 3.11. The zero-order valence-corrected chi connectivity index (χ0v) is 14.2. The lowest BCUT2D eigenvalue weighted by Gasteiger charge is -2.29. The van der Waals surface area contributed by atoms with E-state index in [9.17, 15) is 18.0 Å². The minimum absolute atomic E-state index is 0.0926. The minimum atomic E-state index is -4.25. The van der Waals surface area contributed by atoms with Crippen molar-refractivity contribution in [1.82, 2.24) is 0 Å². The van der Waals surface area contributed by atoms with Gasteiger partial charge in [0.05, 0.1) is 18.2 Å². The van der Waals surface area contributed by atoms with Crippen LogP contribution in [0.1, 0.15) is 39.0 Å². The zero-order chi connectivity index (χ0) is 17.7. The SMILES string of the molecule is CCCOc1ccc(Cl)cc1NC(=O)C1CCCC(C(F)(F)F)C1. The van der Waals surface area contributed by atoms with Gasteiger partial charge in [-0.25, -0.2) is 0 Å². The van der Waals surface area contributed by atoms with Crippen LogP contribution in [-0.4, -0.2) is 18.7 Å². The third-order valence-corrected chi connectivity index (χ3v) is 4.40. The van der Waals surface area contributed by atoms with Crippen LogP contribution in [0.5, 0.6) is 5.75 Å². The number of amides is 1. The number of hydrogen-bond donors (Lipinski definition) is 1. The maximum absolute atomic E-state index is 12.9. The number of carbonyl (C=O) groups is 1. The lowest BCUT2D eigenvalue weighted by atomic mass is 9.80. The molecule has 1 N–H and O–H groups in total. The fourth-order valence-corrected chi connectivity index (χ4v) is 3.07. The van der Waals surface area contributed by atoms with Gasteiger partial charge in [0.25, 0.3) is 0 Å². The molecule has 1 aromatic rings. The smallest absolute Gasteiger partial charge is 0.391 e. The van der Waals surface area contributed by atoms with Crippen molar-refractivity contribution in [2.75, 3.05) is 11.9 Å². The molecule has 1 amide bonds. The van der Waals surface area contributed by atoms with Crippen LogP contribution < -0.4 is 10.1 Å². The number of hydrogen-bond acceptors (Lipinski definition) is 2. The molecule has 1 aliphatic carbocycles. The van der Waals surface area contributed by atoms with Gasteiger partial charge in [0.1, 0.15) is 5.75 Å². The summed E-state index contributed by atoms with van der Waals surface area (Å²) >= 11 is 5.95. The van der Waals surface area contributed by atoms with Crippen LogP contribution in [0.25, 0.3) is 0 Å². The van der Waals surface area contributed by atoms with Crippen LogP contribution in [0.2, 0.25) is 5.02 Å². The highest BCUT2D eigenvalue weighted by molar-refractivity contribution is 6.31. The molecule has 1 saturated carbocycles. The van der Waals surface area contributed by atoms with E-state index in [1.165, 1.54) is 0 Å². The van der Waals surface area contributed by atoms with Crippen LogP contribution in [0.3, 0.4) is 0 Å². The third-order valence-electron chi connectivity index (χ3n) is 4.17. The molecule has 0 aliphatic heterocycles. The summed E-state index contributed by atoms with van der Waals surface area (Å²) in [7, 11) is 0. The Morgan fingerprint density at radius 2 is 2.12 bits per heavy atom. The van der Waals surface area contributed by atoms with Crippen molar-refractivity contribution < 1.29 is 22.7 Å². The molecule has 0 heterocycles. The first-order chi connectivity index (χ1) is 11.3. The van der Waals surface area contributed by atoms with Crippen molar-refractivity contribution in [2.24, 2.45) is 11.8 Å². The van der Waals surface area contributed by atoms with Gasteiger partial charge in [-0.15, -0.1) is 0 Å². The normalized spacial score (nSPS) is 21.4. The Labute approximate surface area is 144 Å². The summed E-state index contributed by atoms with van der Waals surface area (Å²) < 4.78 is 44.2. The largest absolute Gasteiger partial charge is 0.491 e. The van der Waals surface area contributed by atoms with Gasteiger partial charge in [-0.3, -0.25) is 4.79 Å². The van der Waals surface area contributed by atoms with E-state index in [1.807, 2.05) is 6.92 Å². The molecule has 134 valence electrons. The van der Waals surface area contributed by atoms with Crippen LogP contribution >= 0.6 is 11.6 Å². The fraction of sp³-hybridized carbons (Fsp3) is 0.588. The predicted octanol–water partition coefficient (Wildman–Crippen LogP) is 5.44. The first-order valence-electron chi connectivity index (χ1n) is 8.11. The van der Waals surface area contributed by atoms with Crippen LogP contribution in [0.4, 0.5) is 18.9 Å². The summed E-state index contributed by atoms with van der Waals surface area (Å²) in [6.07, 6.45) is -2.66. The number of rotatable bonds is 5. The second kappa shape index (κ2) is 8.10. The summed E-state index contributed by atoms with van der Waals surface area (Å²) in [6, 6.07) is 4.84. The fourth-order valence-electron chi connectivity index (χ4n) is 2.90. The molecule has 3 nitrogen and oxygen atoms in total. The van der Waals surface area contributed by atoms with Gasteiger partial charge in [-0.1, -0.05) is 24.9 Å². The molecule has 0 saturated heterocycles. The van der Waals surface area contributed by atoms with Crippen molar-refractivity contribution in [1.29, 1.82) is 0 Å². The molecule has 1 aliphatic rings. The zero-order valence-electron chi connectivity index (χ0n) is 13.5. The molecule has 2 rings (SSSR count). The van der Waals surface area contributed by atoms with Crippen molar-refractivity contribution >= 4 is 23.2 Å². The Kier molecular flexibility index (Phi) is 6.38. The molecule has 0 spiro atoms. The highest BCUT2D eigenvalue weighted by Gasteiger charge is 2.43. The number of nitrogens with one attached hydrogen (secondary N) is 1. The summed E-state index contributed by atoms with van der Waals surface area (Å²) in [6.45, 7) is 2.43. The summed E-state index contributed by atoms with van der Waals surface area (Å²) in [5.41, 5.74) is 0.398. The van der Waals surface area contributed by atoms with E-state index in [0.29, 0.717) is 35.9 Å². The maximum Gasteiger partial charge on any atom is 0.391 e. The van der Waals surface area contributed by atoms with E-state index in [-0.39, 0.29) is 12.8 Å². The Morgan fingerprint density at radius 3 is 2.79 bits per heavy atom. The second-order valence-corrected chi connectivity index (χ2v) is 6.52. The Balaban J connectivity index is 2.07. The van der Waals surface area contributed by atoms with E-state index >= 15 is 0 Å². The van der Waals surface area contributed by atoms with Crippen molar-refractivity contribution in [3.8, 4) is 5.75 Å². The van der Waals surface area contributed by atoms with E-state index in [4.69, 9.17) is 16.3 Å². The highest BCUT2D eigenvalue weighted by atomic mass is 35.5. The molecular formula is C17H21ClF3NO2. The predicted molar refractivity (Wildman–Crippen MR) is 87.4 cm³/mol. The molecule has 7 heteroatoms. The topological polar surface area (TPSA) is 38.3 Å². The molecule has 0 bridgehead atoms. The lowest BCUT2D eigenvalue weighted by molar-refractivity contribution is -0.185. The number of ether oxygens (including phenoxy) is 1. The van der Waals surface area contributed by atoms with Crippen molar-refractivity contribution in [3.63, 3.8) is 0 Å². The lowest BCUT2D eigenvalue weighted by Crippen LogP contribution is -2.34. The average Bonchev–Trinajstić information content (AvgIpc) is 2.53. The molecule has 2 atom stereocenters. The molecular weight excluding hydrogens is 343 g/mol. The van der Waals surface area contributed by atoms with Crippen molar-refractivity contribution in [3.05, 3.63) is 23.2 Å². The number of alkyl halides is 3. The molecule has 2 unspecified atom stereocenters. The standard InChI is InChI=1S/C17H21ClF3NO2/c1-2-8-24-15-7-6-13(18)10-14(15)22-16(23)11-4-3-5-12(9-11)17(19,20)21/h6-7,10-12H,2-5,8-9H2,1H3,(H,22,23). The van der Waals surface area contributed by atoms with Crippen LogP contribution in [-0.2, 0) is 4.79 Å². The van der Waals surface area contributed by atoms with Gasteiger partial charge in [0.2, 0.25) is 5.91 Å². The minimum Gasteiger partial charge on any atom is -0.491 e. The van der Waals surface area contributed by atoms with Crippen molar-refractivity contribution in [2.45, 2.75) is 45.2 Å². The first-order valence-corrected chi connectivity index (χ1v) is 8.49. The second-order valence-electron chi connectivity index (χ2n) is 6.08. The van der Waals surface area contributed by atoms with E-state index in [2.05, 4.69) is 5.32 Å². The van der Waals surface area contributed by atoms with Crippen LogP contribution in [0.15, 0.2) is 18.2 Å². The summed E-state index contributed by atoms with van der Waals surface area (Å²) in [4.78, 5) is 12.4. The Hall–Kier alpha value is -1.43. The van der Waals surface area contributed by atoms with Gasteiger partial charge in [0, 0.05) is 10.9 Å². The van der Waals surface area contributed by atoms with Gasteiger partial charge in [0.15, 0.2) is 0 Å². The quantitative estimate of drug-likeness (QED) is 0.756. The monoisotopic (exact) mass is 363 g/mol. The molecule has 1 aromatic carbocycles. The molecule has 0 radical (unpaired) electrons. The molecule has 1 fully saturated rings. The first kappa shape index (κ1) is 18.9. The van der Waals surface area contributed by atoms with Gasteiger partial charge in [-0.05, 0) is 43.9 Å². The van der Waals surface area contributed by atoms with Gasteiger partial charge in [-0.2, -0.15) is 13.2 Å². The van der Waals surface area contributed by atoms with Gasteiger partial charge >= 0.3 is 6.18 Å². The summed E-state index contributed by atoms with van der Waals surface area (Å²) in [5.74, 6) is -1.99. The highest BCUT2D eigenvalue weighted by Crippen LogP contribution is 2.40. The van der Waals surface area contributed by atoms with Crippen LogP contribution in [0, 0.1) is 11.8 Å². The number of anilines is 1. The van der Waals surface area contributed by atoms with E-state index < -0.39 is 23.9 Å². The molecule has 0 aromatic heterocycles.